The molecule has 17 heavy (non-hydrogen) atoms. The molecule has 1 saturated carbocycles. The molecular weight excluding hydrogens is 218 g/mol. The van der Waals surface area contributed by atoms with Crippen molar-refractivity contribution in [1.82, 2.24) is 5.32 Å². The lowest BCUT2D eigenvalue weighted by atomic mass is 9.89. The second-order valence-electron chi connectivity index (χ2n) is 4.64. The van der Waals surface area contributed by atoms with E-state index in [0.717, 1.165) is 36.4 Å². The summed E-state index contributed by atoms with van der Waals surface area (Å²) >= 11 is 0. The number of hydrogen-bond acceptors (Lipinski definition) is 4. The molecule has 1 fully saturated rings. The molecule has 0 amide bonds. The van der Waals surface area contributed by atoms with Crippen LogP contribution in [0.25, 0.3) is 0 Å². The molecule has 0 bridgehead atoms. The van der Waals surface area contributed by atoms with Crippen molar-refractivity contribution < 1.29 is 14.6 Å². The molecular formula is C13H17NO3. The zero-order valence-corrected chi connectivity index (χ0v) is 9.69. The standard InChI is InChI=1S/C13H17NO3/c15-11-6-10(7-11)14-8-9-2-1-3-12-13(9)17-5-4-16-12/h1-3,10-11,14-15H,4-8H2. The van der Waals surface area contributed by atoms with Crippen LogP contribution in [0.2, 0.25) is 0 Å². The molecule has 0 unspecified atom stereocenters. The van der Waals surface area contributed by atoms with E-state index >= 15 is 0 Å². The van der Waals surface area contributed by atoms with E-state index < -0.39 is 0 Å². The van der Waals surface area contributed by atoms with Crippen LogP contribution in [0.5, 0.6) is 11.5 Å². The van der Waals surface area contributed by atoms with Crippen LogP contribution in [0.1, 0.15) is 18.4 Å². The van der Waals surface area contributed by atoms with E-state index in [2.05, 4.69) is 11.4 Å². The molecule has 0 radical (unpaired) electrons. The van der Waals surface area contributed by atoms with Crippen molar-refractivity contribution in [3.05, 3.63) is 23.8 Å². The molecule has 4 heteroatoms. The summed E-state index contributed by atoms with van der Waals surface area (Å²) in [6, 6.07) is 6.41. The van der Waals surface area contributed by atoms with Gasteiger partial charge in [0.05, 0.1) is 6.10 Å². The van der Waals surface area contributed by atoms with Gasteiger partial charge in [0.1, 0.15) is 13.2 Å². The lowest BCUT2D eigenvalue weighted by Crippen LogP contribution is -2.43. The van der Waals surface area contributed by atoms with Crippen molar-refractivity contribution in [2.75, 3.05) is 13.2 Å². The van der Waals surface area contributed by atoms with E-state index in [4.69, 9.17) is 9.47 Å². The highest BCUT2D eigenvalue weighted by molar-refractivity contribution is 5.47. The molecule has 2 aliphatic rings. The van der Waals surface area contributed by atoms with Gasteiger partial charge < -0.3 is 19.9 Å². The molecule has 0 atom stereocenters. The van der Waals surface area contributed by atoms with Crippen LogP contribution in [0.3, 0.4) is 0 Å². The molecule has 4 nitrogen and oxygen atoms in total. The number of benzene rings is 1. The number of hydrogen-bond donors (Lipinski definition) is 2. The summed E-state index contributed by atoms with van der Waals surface area (Å²) in [7, 11) is 0. The summed E-state index contributed by atoms with van der Waals surface area (Å²) < 4.78 is 11.2. The first kappa shape index (κ1) is 10.9. The Labute approximate surface area is 101 Å². The van der Waals surface area contributed by atoms with Gasteiger partial charge in [-0.15, -0.1) is 0 Å². The van der Waals surface area contributed by atoms with Crippen LogP contribution >= 0.6 is 0 Å². The maximum absolute atomic E-state index is 9.22. The van der Waals surface area contributed by atoms with E-state index in [1.54, 1.807) is 0 Å². The minimum absolute atomic E-state index is 0.114. The molecule has 1 aliphatic heterocycles. The van der Waals surface area contributed by atoms with Crippen molar-refractivity contribution in [3.63, 3.8) is 0 Å². The second-order valence-corrected chi connectivity index (χ2v) is 4.64. The van der Waals surface area contributed by atoms with Crippen LogP contribution < -0.4 is 14.8 Å². The summed E-state index contributed by atoms with van der Waals surface area (Å²) in [5.74, 6) is 1.70. The number of aliphatic hydroxyl groups is 1. The van der Waals surface area contributed by atoms with Gasteiger partial charge in [0.15, 0.2) is 11.5 Å². The lowest BCUT2D eigenvalue weighted by molar-refractivity contribution is 0.0617. The van der Waals surface area contributed by atoms with Crippen molar-refractivity contribution >= 4 is 0 Å². The van der Waals surface area contributed by atoms with E-state index in [1.165, 1.54) is 0 Å². The predicted molar refractivity (Wildman–Crippen MR) is 63.3 cm³/mol. The van der Waals surface area contributed by atoms with Gasteiger partial charge in [-0.25, -0.2) is 0 Å². The Balaban J connectivity index is 1.66. The first-order valence-corrected chi connectivity index (χ1v) is 6.12. The van der Waals surface area contributed by atoms with Gasteiger partial charge in [-0.1, -0.05) is 12.1 Å². The van der Waals surface area contributed by atoms with Gasteiger partial charge in [0.2, 0.25) is 0 Å². The molecule has 1 aromatic rings. The van der Waals surface area contributed by atoms with Crippen molar-refractivity contribution in [2.24, 2.45) is 0 Å². The zero-order valence-electron chi connectivity index (χ0n) is 9.69. The van der Waals surface area contributed by atoms with Crippen molar-refractivity contribution in [1.29, 1.82) is 0 Å². The summed E-state index contributed by atoms with van der Waals surface area (Å²) in [5.41, 5.74) is 1.13. The fraction of sp³-hybridized carbons (Fsp3) is 0.538. The number of aliphatic hydroxyl groups excluding tert-OH is 1. The monoisotopic (exact) mass is 235 g/mol. The highest BCUT2D eigenvalue weighted by Gasteiger charge is 2.27. The van der Waals surface area contributed by atoms with Crippen molar-refractivity contribution in [3.8, 4) is 11.5 Å². The molecule has 3 rings (SSSR count). The van der Waals surface area contributed by atoms with E-state index in [-0.39, 0.29) is 6.10 Å². The third-order valence-corrected chi connectivity index (χ3v) is 3.34. The first-order valence-electron chi connectivity index (χ1n) is 6.12. The molecule has 1 heterocycles. The second kappa shape index (κ2) is 4.55. The van der Waals surface area contributed by atoms with Crippen molar-refractivity contribution in [2.45, 2.75) is 31.5 Å². The van der Waals surface area contributed by atoms with Crippen LogP contribution in [0.4, 0.5) is 0 Å². The van der Waals surface area contributed by atoms with E-state index in [1.807, 2.05) is 12.1 Å². The third-order valence-electron chi connectivity index (χ3n) is 3.34. The van der Waals surface area contributed by atoms with Gasteiger partial charge in [0, 0.05) is 18.2 Å². The first-order chi connectivity index (χ1) is 8.33. The summed E-state index contributed by atoms with van der Waals surface area (Å²) in [5, 5.41) is 12.6. The quantitative estimate of drug-likeness (QED) is 0.823. The van der Waals surface area contributed by atoms with Gasteiger partial charge in [-0.05, 0) is 18.9 Å². The fourth-order valence-electron chi connectivity index (χ4n) is 2.28. The van der Waals surface area contributed by atoms with E-state index in [9.17, 15) is 5.11 Å². The summed E-state index contributed by atoms with van der Waals surface area (Å²) in [4.78, 5) is 0. The topological polar surface area (TPSA) is 50.7 Å². The normalized spacial score (nSPS) is 26.4. The lowest BCUT2D eigenvalue weighted by Gasteiger charge is -2.32. The maximum atomic E-state index is 9.22. The number of para-hydroxylation sites is 1. The average molecular weight is 235 g/mol. The molecule has 1 aromatic carbocycles. The minimum Gasteiger partial charge on any atom is -0.486 e. The largest absolute Gasteiger partial charge is 0.486 e. The van der Waals surface area contributed by atoms with Gasteiger partial charge in [-0.3, -0.25) is 0 Å². The van der Waals surface area contributed by atoms with Gasteiger partial charge in [0.25, 0.3) is 0 Å². The third kappa shape index (κ3) is 2.23. The highest BCUT2D eigenvalue weighted by Crippen LogP contribution is 2.33. The Hall–Kier alpha value is -1.26. The van der Waals surface area contributed by atoms with Gasteiger partial charge in [-0.2, -0.15) is 0 Å². The number of nitrogens with one attached hydrogen (secondary N) is 1. The Morgan fingerprint density at radius 2 is 2.06 bits per heavy atom. The predicted octanol–water partition coefficient (Wildman–Crippen LogP) is 1.07. The van der Waals surface area contributed by atoms with Crippen LogP contribution in [0.15, 0.2) is 18.2 Å². The number of fused-ring (bicyclic) bond motifs is 1. The van der Waals surface area contributed by atoms with Crippen LogP contribution in [-0.4, -0.2) is 30.5 Å². The Kier molecular flexibility index (Phi) is 2.91. The minimum atomic E-state index is -0.114. The molecule has 0 aromatic heterocycles. The van der Waals surface area contributed by atoms with E-state index in [0.29, 0.717) is 19.3 Å². The fourth-order valence-corrected chi connectivity index (χ4v) is 2.28. The number of rotatable bonds is 3. The van der Waals surface area contributed by atoms with Crippen LogP contribution in [-0.2, 0) is 6.54 Å². The molecule has 1 aliphatic carbocycles. The smallest absolute Gasteiger partial charge is 0.165 e. The molecule has 0 saturated heterocycles. The molecule has 0 spiro atoms. The SMILES string of the molecule is OC1CC(NCc2cccc3c2OCCO3)C1. The molecule has 2 N–H and O–H groups in total. The van der Waals surface area contributed by atoms with Crippen LogP contribution in [0, 0.1) is 0 Å². The summed E-state index contributed by atoms with van der Waals surface area (Å²) in [6.07, 6.45) is 1.59. The Morgan fingerprint density at radius 1 is 1.24 bits per heavy atom. The average Bonchev–Trinajstić information content (AvgIpc) is 2.33. The Morgan fingerprint density at radius 3 is 2.88 bits per heavy atom. The summed E-state index contributed by atoms with van der Waals surface area (Å²) in [6.45, 7) is 2.01. The maximum Gasteiger partial charge on any atom is 0.165 e. The zero-order chi connectivity index (χ0) is 11.7. The number of ether oxygens (including phenoxy) is 2. The van der Waals surface area contributed by atoms with Gasteiger partial charge >= 0.3 is 0 Å². The molecule has 92 valence electrons. The Bertz CT molecular complexity index is 402. The highest BCUT2D eigenvalue weighted by atomic mass is 16.6.